The van der Waals surface area contributed by atoms with Gasteiger partial charge in [-0.2, -0.15) is 18.2 Å². The lowest BCUT2D eigenvalue weighted by Gasteiger charge is -2.32. The normalized spacial score (nSPS) is 20.9. The summed E-state index contributed by atoms with van der Waals surface area (Å²) in [4.78, 5) is 40.9. The van der Waals surface area contributed by atoms with E-state index in [-0.39, 0.29) is 50.5 Å². The fourth-order valence-electron chi connectivity index (χ4n) is 4.99. The summed E-state index contributed by atoms with van der Waals surface area (Å²) in [5.74, 6) is -0.696. The number of nitrogens with zero attached hydrogens (tertiary/aromatic N) is 4. The first kappa shape index (κ1) is 27.3. The van der Waals surface area contributed by atoms with Gasteiger partial charge in [0.05, 0.1) is 27.6 Å². The number of nitrogens with one attached hydrogen (secondary N) is 1. The summed E-state index contributed by atoms with van der Waals surface area (Å²) in [5.41, 5.74) is -2.85. The van der Waals surface area contributed by atoms with Gasteiger partial charge in [0.15, 0.2) is 5.69 Å². The van der Waals surface area contributed by atoms with Gasteiger partial charge >= 0.3 is 6.18 Å². The molecule has 4 rings (SSSR count). The van der Waals surface area contributed by atoms with Crippen molar-refractivity contribution in [1.82, 2.24) is 10.4 Å². The zero-order valence-corrected chi connectivity index (χ0v) is 20.4. The molecule has 2 heterocycles. The first-order valence-electron chi connectivity index (χ1n) is 12.0. The van der Waals surface area contributed by atoms with E-state index in [9.17, 15) is 38.2 Å². The number of nitro groups is 2. The van der Waals surface area contributed by atoms with Crippen molar-refractivity contribution >= 4 is 23.0 Å². The van der Waals surface area contributed by atoms with Gasteiger partial charge in [0, 0.05) is 44.7 Å². The molecule has 0 aliphatic carbocycles. The lowest BCUT2D eigenvalue weighted by atomic mass is 9.94. The first-order valence-corrected chi connectivity index (χ1v) is 12.0. The summed E-state index contributed by atoms with van der Waals surface area (Å²) in [6.07, 6.45) is -4.09. The Morgan fingerprint density at radius 3 is 2.18 bits per heavy atom. The topological polar surface area (TPSA) is 131 Å². The fraction of sp³-hybridized carbons (Fsp3) is 0.458. The molecule has 2 aliphatic heterocycles. The first-order chi connectivity index (χ1) is 18.0. The van der Waals surface area contributed by atoms with E-state index in [0.717, 1.165) is 5.56 Å². The number of halogens is 3. The van der Waals surface area contributed by atoms with Crippen LogP contribution < -0.4 is 10.2 Å². The molecule has 204 valence electrons. The monoisotopic (exact) mass is 537 g/mol. The maximum absolute atomic E-state index is 13.2. The Hall–Kier alpha value is -3.78. The molecule has 2 saturated heterocycles. The number of hydrogen-bond acceptors (Lipinski definition) is 8. The Balaban J connectivity index is 1.38. The van der Waals surface area contributed by atoms with Crippen LogP contribution in [0.15, 0.2) is 42.5 Å². The third kappa shape index (κ3) is 5.86. The van der Waals surface area contributed by atoms with Gasteiger partial charge in [-0.05, 0) is 24.8 Å². The largest absolute Gasteiger partial charge is 0.416 e. The molecule has 11 nitrogen and oxygen atoms in total. The van der Waals surface area contributed by atoms with E-state index in [1.807, 2.05) is 37.4 Å². The predicted molar refractivity (Wildman–Crippen MR) is 129 cm³/mol. The van der Waals surface area contributed by atoms with Crippen LogP contribution in [0.4, 0.5) is 30.2 Å². The van der Waals surface area contributed by atoms with Crippen LogP contribution in [-0.2, 0) is 15.8 Å². The fourth-order valence-corrected chi connectivity index (χ4v) is 4.99. The third-order valence-electron chi connectivity index (χ3n) is 6.90. The molecule has 14 heteroatoms. The Morgan fingerprint density at radius 2 is 1.66 bits per heavy atom. The van der Waals surface area contributed by atoms with Crippen LogP contribution >= 0.6 is 0 Å². The molecule has 2 aromatic carbocycles. The summed E-state index contributed by atoms with van der Waals surface area (Å²) >= 11 is 0. The molecular formula is C24H26F3N5O6. The van der Waals surface area contributed by atoms with Crippen molar-refractivity contribution in [2.24, 2.45) is 5.92 Å². The number of carbonyl (C=O) groups excluding carboxylic acids is 1. The molecule has 2 atom stereocenters. The highest BCUT2D eigenvalue weighted by atomic mass is 19.4. The second kappa shape index (κ2) is 10.9. The SMILES string of the molecule is CN1OC(CNC(=O)C2CCN(c3c([N+](=O)[O-])cc(C(F)(F)F)cc3[N+](=O)[O-])CC2)CC1c1ccccc1. The molecule has 0 aromatic heterocycles. The maximum Gasteiger partial charge on any atom is 0.416 e. The van der Waals surface area contributed by atoms with Crippen LogP contribution in [0.3, 0.4) is 0 Å². The minimum atomic E-state index is -4.99. The van der Waals surface area contributed by atoms with Crippen molar-refractivity contribution in [2.75, 3.05) is 31.6 Å². The average molecular weight is 537 g/mol. The lowest BCUT2D eigenvalue weighted by molar-refractivity contribution is -0.393. The molecule has 1 amide bonds. The van der Waals surface area contributed by atoms with Crippen molar-refractivity contribution in [1.29, 1.82) is 0 Å². The minimum Gasteiger partial charge on any atom is -0.360 e. The zero-order valence-electron chi connectivity index (χ0n) is 20.4. The second-order valence-electron chi connectivity index (χ2n) is 9.32. The number of amides is 1. The zero-order chi connectivity index (χ0) is 27.6. The predicted octanol–water partition coefficient (Wildman–Crippen LogP) is 4.23. The van der Waals surface area contributed by atoms with Crippen molar-refractivity contribution in [3.05, 3.63) is 73.8 Å². The molecule has 0 bridgehead atoms. The van der Waals surface area contributed by atoms with E-state index in [4.69, 9.17) is 4.84 Å². The number of hydroxylamine groups is 2. The second-order valence-corrected chi connectivity index (χ2v) is 9.32. The Kier molecular flexibility index (Phi) is 7.83. The van der Waals surface area contributed by atoms with Crippen LogP contribution in [0.25, 0.3) is 0 Å². The van der Waals surface area contributed by atoms with Crippen LogP contribution in [0, 0.1) is 26.1 Å². The van der Waals surface area contributed by atoms with Crippen molar-refractivity contribution < 1.29 is 32.6 Å². The number of anilines is 1. The van der Waals surface area contributed by atoms with Gasteiger partial charge < -0.3 is 10.2 Å². The molecule has 0 radical (unpaired) electrons. The molecule has 38 heavy (non-hydrogen) atoms. The van der Waals surface area contributed by atoms with E-state index in [1.165, 1.54) is 4.90 Å². The van der Waals surface area contributed by atoms with Gasteiger partial charge in [-0.1, -0.05) is 30.3 Å². The molecule has 0 spiro atoms. The highest BCUT2D eigenvalue weighted by Crippen LogP contribution is 2.44. The van der Waals surface area contributed by atoms with Crippen molar-refractivity contribution in [3.8, 4) is 0 Å². The van der Waals surface area contributed by atoms with Crippen LogP contribution in [0.2, 0.25) is 0 Å². The molecule has 0 saturated carbocycles. The van der Waals surface area contributed by atoms with E-state index in [2.05, 4.69) is 5.32 Å². The summed E-state index contributed by atoms with van der Waals surface area (Å²) < 4.78 is 39.6. The Labute approximate surface area is 215 Å². The van der Waals surface area contributed by atoms with Crippen LogP contribution in [0.1, 0.15) is 36.4 Å². The minimum absolute atomic E-state index is 0.0316. The molecule has 2 fully saturated rings. The van der Waals surface area contributed by atoms with E-state index >= 15 is 0 Å². The van der Waals surface area contributed by atoms with Gasteiger partial charge in [0.1, 0.15) is 0 Å². The number of hydrogen-bond donors (Lipinski definition) is 1. The van der Waals surface area contributed by atoms with E-state index < -0.39 is 44.6 Å². The Bertz CT molecular complexity index is 1170. The van der Waals surface area contributed by atoms with Crippen LogP contribution in [0.5, 0.6) is 0 Å². The number of piperidine rings is 1. The molecule has 2 aromatic rings. The van der Waals surface area contributed by atoms with Gasteiger partial charge in [-0.25, -0.2) is 0 Å². The van der Waals surface area contributed by atoms with Crippen LogP contribution in [-0.4, -0.2) is 53.6 Å². The summed E-state index contributed by atoms with van der Waals surface area (Å²) in [5, 5.41) is 27.7. The summed E-state index contributed by atoms with van der Waals surface area (Å²) in [7, 11) is 1.83. The summed E-state index contributed by atoms with van der Waals surface area (Å²) in [6.45, 7) is 0.344. The highest BCUT2D eigenvalue weighted by molar-refractivity contribution is 5.80. The number of rotatable bonds is 7. The average Bonchev–Trinajstić information content (AvgIpc) is 3.26. The Morgan fingerprint density at radius 1 is 1.08 bits per heavy atom. The number of alkyl halides is 3. The lowest BCUT2D eigenvalue weighted by Crippen LogP contribution is -2.42. The van der Waals surface area contributed by atoms with Crippen molar-refractivity contribution in [2.45, 2.75) is 37.6 Å². The van der Waals surface area contributed by atoms with Crippen molar-refractivity contribution in [3.63, 3.8) is 0 Å². The number of nitro benzene ring substituents is 2. The summed E-state index contributed by atoms with van der Waals surface area (Å²) in [6, 6.07) is 10.5. The highest BCUT2D eigenvalue weighted by Gasteiger charge is 2.40. The molecular weight excluding hydrogens is 511 g/mol. The third-order valence-corrected chi connectivity index (χ3v) is 6.90. The smallest absolute Gasteiger partial charge is 0.360 e. The number of benzene rings is 2. The molecule has 2 unspecified atom stereocenters. The van der Waals surface area contributed by atoms with E-state index in [0.29, 0.717) is 18.6 Å². The quantitative estimate of drug-likeness (QED) is 0.410. The molecule has 2 aliphatic rings. The van der Waals surface area contributed by atoms with Gasteiger partial charge in [0.25, 0.3) is 11.4 Å². The maximum atomic E-state index is 13.2. The standard InChI is InChI=1S/C24H26F3N5O6/c1-29-19(15-5-3-2-4-6-15)13-18(38-29)14-28-23(33)16-7-9-30(10-8-16)22-20(31(34)35)11-17(24(25,26)27)12-21(22)32(36)37/h2-6,11-12,16,18-19H,7-10,13-14H2,1H3,(H,28,33). The van der Waals surface area contributed by atoms with Gasteiger partial charge in [0.2, 0.25) is 5.91 Å². The number of carbonyl (C=O) groups is 1. The molecule has 1 N–H and O–H groups in total. The van der Waals surface area contributed by atoms with Gasteiger partial charge in [-0.15, -0.1) is 0 Å². The van der Waals surface area contributed by atoms with Gasteiger partial charge in [-0.3, -0.25) is 29.9 Å². The van der Waals surface area contributed by atoms with E-state index in [1.54, 1.807) is 5.06 Å².